The summed E-state index contributed by atoms with van der Waals surface area (Å²) >= 11 is 0. The van der Waals surface area contributed by atoms with Gasteiger partial charge in [0.25, 0.3) is 11.5 Å². The maximum Gasteiger partial charge on any atom is 0.276 e. The molecule has 0 fully saturated rings. The number of benzene rings is 1. The summed E-state index contributed by atoms with van der Waals surface area (Å²) in [7, 11) is 1.86. The number of rotatable bonds is 4. The van der Waals surface area contributed by atoms with E-state index in [1.54, 1.807) is 12.1 Å². The molecule has 0 saturated carbocycles. The minimum Gasteiger partial charge on any atom is -0.277 e. The second-order valence-corrected chi connectivity index (χ2v) is 3.57. The molecule has 0 aliphatic carbocycles. The lowest BCUT2D eigenvalue weighted by atomic mass is 10.2. The van der Waals surface area contributed by atoms with Crippen molar-refractivity contribution in [1.82, 2.24) is 5.32 Å². The molecule has 0 aromatic heterocycles. The molecule has 1 N–H and O–H groups in total. The molecule has 0 amide bonds. The number of nitro groups is 1. The summed E-state index contributed by atoms with van der Waals surface area (Å²) in [6.07, 6.45) is 0. The first-order valence-electron chi connectivity index (χ1n) is 5.68. The number of amidine groups is 1. The largest absolute Gasteiger partial charge is 0.277 e. The van der Waals surface area contributed by atoms with Crippen LogP contribution in [-0.4, -0.2) is 35.5 Å². The van der Waals surface area contributed by atoms with Gasteiger partial charge in [0.1, 0.15) is 0 Å². The molecule has 0 spiro atoms. The van der Waals surface area contributed by atoms with Crippen molar-refractivity contribution in [3.8, 4) is 0 Å². The van der Waals surface area contributed by atoms with Crippen molar-refractivity contribution >= 4 is 11.5 Å². The van der Waals surface area contributed by atoms with E-state index >= 15 is 0 Å². The van der Waals surface area contributed by atoms with Crippen molar-refractivity contribution in [2.75, 3.05) is 20.1 Å². The van der Waals surface area contributed by atoms with Gasteiger partial charge in [-0.15, -0.1) is 0 Å². The summed E-state index contributed by atoms with van der Waals surface area (Å²) in [4.78, 5) is 10.2. The molecule has 0 aliphatic rings. The Hall–Kier alpha value is -1.91. The van der Waals surface area contributed by atoms with E-state index in [1.807, 2.05) is 7.05 Å². The number of hydrogen-bond donors (Lipinski definition) is 1. The van der Waals surface area contributed by atoms with E-state index in [0.29, 0.717) is 0 Å². The maximum atomic E-state index is 10.6. The van der Waals surface area contributed by atoms with Gasteiger partial charge >= 0.3 is 0 Å². The van der Waals surface area contributed by atoms with Gasteiger partial charge in [0.2, 0.25) is 0 Å². The van der Waals surface area contributed by atoms with Crippen LogP contribution in [0.1, 0.15) is 19.4 Å². The molecule has 0 bridgehead atoms. The summed E-state index contributed by atoms with van der Waals surface area (Å²) in [6.45, 7) is 5.94. The zero-order valence-electron chi connectivity index (χ0n) is 10.4. The highest BCUT2D eigenvalue weighted by molar-refractivity contribution is 5.94. The molecular formula is C12H18N3O2+. The molecule has 1 aromatic rings. The summed E-state index contributed by atoms with van der Waals surface area (Å²) in [5.74, 6) is 0.991. The Balaban J connectivity index is 3.13. The third kappa shape index (κ3) is 3.03. The van der Waals surface area contributed by atoms with Crippen molar-refractivity contribution in [3.05, 3.63) is 39.9 Å². The van der Waals surface area contributed by atoms with E-state index in [2.05, 4.69) is 23.7 Å². The summed E-state index contributed by atoms with van der Waals surface area (Å²) in [6, 6.07) is 6.58. The van der Waals surface area contributed by atoms with E-state index in [4.69, 9.17) is 0 Å². The highest BCUT2D eigenvalue weighted by Gasteiger charge is 2.13. The smallest absolute Gasteiger partial charge is 0.276 e. The van der Waals surface area contributed by atoms with Crippen LogP contribution in [0.3, 0.4) is 0 Å². The van der Waals surface area contributed by atoms with Gasteiger partial charge < -0.3 is 0 Å². The lowest BCUT2D eigenvalue weighted by Gasteiger charge is -2.08. The number of non-ortho nitro benzene ring substituents is 1. The van der Waals surface area contributed by atoms with Gasteiger partial charge in [-0.25, -0.2) is 0 Å². The molecule has 0 aliphatic heterocycles. The molecule has 0 radical (unpaired) electrons. The van der Waals surface area contributed by atoms with E-state index in [9.17, 15) is 10.1 Å². The Morgan fingerprint density at radius 3 is 2.12 bits per heavy atom. The first-order valence-corrected chi connectivity index (χ1v) is 5.68. The van der Waals surface area contributed by atoms with E-state index in [-0.39, 0.29) is 10.6 Å². The predicted molar refractivity (Wildman–Crippen MR) is 67.6 cm³/mol. The van der Waals surface area contributed by atoms with Crippen LogP contribution in [0.15, 0.2) is 24.3 Å². The lowest BCUT2D eigenvalue weighted by molar-refractivity contribution is -0.522. The number of nitrogens with zero attached hydrogens (tertiary/aromatic N) is 2. The Morgan fingerprint density at radius 1 is 1.24 bits per heavy atom. The highest BCUT2D eigenvalue weighted by Crippen LogP contribution is 2.12. The quantitative estimate of drug-likeness (QED) is 0.284. The van der Waals surface area contributed by atoms with Crippen LogP contribution in [0.2, 0.25) is 0 Å². The second kappa shape index (κ2) is 5.98. The summed E-state index contributed by atoms with van der Waals surface area (Å²) < 4.78 is 2.17. The minimum atomic E-state index is -0.389. The predicted octanol–water partition coefficient (Wildman–Crippen LogP) is 1.61. The SMILES string of the molecule is CC[N+](CC)=C(NC)c1ccc([N+](=O)[O-])cc1. The third-order valence-corrected chi connectivity index (χ3v) is 2.67. The van der Waals surface area contributed by atoms with Gasteiger partial charge in [-0.3, -0.25) is 20.0 Å². The minimum absolute atomic E-state index is 0.115. The second-order valence-electron chi connectivity index (χ2n) is 3.57. The van der Waals surface area contributed by atoms with Crippen LogP contribution in [0.5, 0.6) is 0 Å². The Morgan fingerprint density at radius 2 is 1.76 bits per heavy atom. The number of nitrogens with one attached hydrogen (secondary N) is 1. The summed E-state index contributed by atoms with van der Waals surface area (Å²) in [5.41, 5.74) is 1.07. The van der Waals surface area contributed by atoms with Crippen LogP contribution in [-0.2, 0) is 0 Å². The van der Waals surface area contributed by atoms with Crippen molar-refractivity contribution < 1.29 is 9.50 Å². The number of hydrogen-bond acceptors (Lipinski definition) is 2. The van der Waals surface area contributed by atoms with Gasteiger partial charge in [-0.2, -0.15) is 0 Å². The van der Waals surface area contributed by atoms with Crippen LogP contribution in [0, 0.1) is 10.1 Å². The molecule has 5 nitrogen and oxygen atoms in total. The molecule has 17 heavy (non-hydrogen) atoms. The van der Waals surface area contributed by atoms with Crippen molar-refractivity contribution in [3.63, 3.8) is 0 Å². The lowest BCUT2D eigenvalue weighted by Crippen LogP contribution is -2.32. The molecule has 0 saturated heterocycles. The Labute approximate surface area is 101 Å². The van der Waals surface area contributed by atoms with Gasteiger partial charge in [0.05, 0.1) is 30.6 Å². The zero-order valence-corrected chi connectivity index (χ0v) is 10.4. The van der Waals surface area contributed by atoms with Crippen molar-refractivity contribution in [2.45, 2.75) is 13.8 Å². The van der Waals surface area contributed by atoms with E-state index in [1.165, 1.54) is 12.1 Å². The molecule has 0 atom stereocenters. The fourth-order valence-corrected chi connectivity index (χ4v) is 1.77. The van der Waals surface area contributed by atoms with Crippen LogP contribution >= 0.6 is 0 Å². The van der Waals surface area contributed by atoms with Gasteiger partial charge in [-0.05, 0) is 26.0 Å². The molecule has 5 heteroatoms. The fraction of sp³-hybridized carbons (Fsp3) is 0.417. The monoisotopic (exact) mass is 236 g/mol. The van der Waals surface area contributed by atoms with Crippen molar-refractivity contribution in [2.24, 2.45) is 0 Å². The fourth-order valence-electron chi connectivity index (χ4n) is 1.77. The number of nitro benzene ring substituents is 1. The highest BCUT2D eigenvalue weighted by atomic mass is 16.6. The molecule has 0 unspecified atom stereocenters. The first kappa shape index (κ1) is 13.2. The van der Waals surface area contributed by atoms with Crippen LogP contribution < -0.4 is 5.32 Å². The maximum absolute atomic E-state index is 10.6. The van der Waals surface area contributed by atoms with E-state index < -0.39 is 0 Å². The molecule has 92 valence electrons. The summed E-state index contributed by atoms with van der Waals surface area (Å²) in [5, 5.41) is 13.7. The molecule has 1 rings (SSSR count). The molecule has 1 aromatic carbocycles. The average molecular weight is 236 g/mol. The van der Waals surface area contributed by atoms with Gasteiger partial charge in [0.15, 0.2) is 0 Å². The normalized spacial score (nSPS) is 9.82. The van der Waals surface area contributed by atoms with Crippen LogP contribution in [0.4, 0.5) is 5.69 Å². The van der Waals surface area contributed by atoms with Gasteiger partial charge in [-0.1, -0.05) is 0 Å². The molecule has 0 heterocycles. The zero-order chi connectivity index (χ0) is 12.8. The average Bonchev–Trinajstić information content (AvgIpc) is 2.36. The van der Waals surface area contributed by atoms with Gasteiger partial charge in [0, 0.05) is 12.1 Å². The topological polar surface area (TPSA) is 58.2 Å². The van der Waals surface area contributed by atoms with Crippen LogP contribution in [0.25, 0.3) is 0 Å². The molecular weight excluding hydrogens is 218 g/mol. The Kier molecular flexibility index (Phi) is 4.63. The first-order chi connectivity index (χ1) is 8.13. The standard InChI is InChI=1S/C12H17N3O2/c1-4-14(5-2)12(13-3)10-6-8-11(9-7-10)15(16)17/h6-9H,4-5H2,1-3H3/p+1. The third-order valence-electron chi connectivity index (χ3n) is 2.67. The van der Waals surface area contributed by atoms with Crippen molar-refractivity contribution in [1.29, 1.82) is 0 Å². The van der Waals surface area contributed by atoms with E-state index in [0.717, 1.165) is 24.5 Å². The Bertz CT molecular complexity index is 418.